The number of aromatic nitrogens is 2. The Labute approximate surface area is 124 Å². The van der Waals surface area contributed by atoms with Crippen LogP contribution in [-0.2, 0) is 0 Å². The van der Waals surface area contributed by atoms with Gasteiger partial charge in [-0.25, -0.2) is 9.97 Å². The molecule has 0 saturated carbocycles. The number of halogens is 1. The van der Waals surface area contributed by atoms with Crippen LogP contribution < -0.4 is 4.74 Å². The zero-order valence-corrected chi connectivity index (χ0v) is 11.9. The van der Waals surface area contributed by atoms with Gasteiger partial charge in [-0.15, -0.1) is 11.3 Å². The van der Waals surface area contributed by atoms with Crippen LogP contribution in [0.25, 0.3) is 21.5 Å². The molecule has 0 aliphatic carbocycles. The monoisotopic (exact) mass is 300 g/mol. The fraction of sp³-hybridized carbons (Fsp3) is 0.0714. The van der Waals surface area contributed by atoms with Crippen LogP contribution in [0.15, 0.2) is 23.6 Å². The van der Waals surface area contributed by atoms with Gasteiger partial charge in [0.1, 0.15) is 17.3 Å². The summed E-state index contributed by atoms with van der Waals surface area (Å²) in [6.07, 6.45) is 2.75. The number of ether oxygens (including phenoxy) is 1. The molecule has 0 spiro atoms. The Balaban J connectivity index is 2.33. The number of nitrogens with zero attached hydrogens (tertiary/aromatic N) is 3. The van der Waals surface area contributed by atoms with Gasteiger partial charge in [-0.05, 0) is 6.07 Å². The van der Waals surface area contributed by atoms with E-state index in [0.29, 0.717) is 22.0 Å². The Morgan fingerprint density at radius 3 is 3.00 bits per heavy atom. The fourth-order valence-corrected chi connectivity index (χ4v) is 2.99. The largest absolute Gasteiger partial charge is 0.493 e. The summed E-state index contributed by atoms with van der Waals surface area (Å²) < 4.78 is 5.15. The van der Waals surface area contributed by atoms with Gasteiger partial charge in [-0.3, -0.25) is 0 Å². The van der Waals surface area contributed by atoms with Crippen LogP contribution in [0.5, 0.6) is 5.75 Å². The highest BCUT2D eigenvalue weighted by molar-refractivity contribution is 7.13. The number of nitriles is 1. The van der Waals surface area contributed by atoms with E-state index in [2.05, 4.69) is 16.2 Å². The van der Waals surface area contributed by atoms with Crippen molar-refractivity contribution >= 4 is 33.8 Å². The Bertz CT molecular complexity index is 838. The predicted molar refractivity (Wildman–Crippen MR) is 78.0 cm³/mol. The number of thiazole rings is 1. The van der Waals surface area contributed by atoms with E-state index in [9.17, 15) is 0 Å². The standard InChI is InChI=1S/C14H7ClN3OS/c1-19-11-6-17-10-4-2-3-9(12(10)13(11)15)14-18-8(5-16)7-20-14/h2-4,7H,1H3. The summed E-state index contributed by atoms with van der Waals surface area (Å²) in [4.78, 5) is 8.47. The Morgan fingerprint density at radius 2 is 2.30 bits per heavy atom. The smallest absolute Gasteiger partial charge is 0.166 e. The number of hydrogen-bond donors (Lipinski definition) is 0. The molecule has 2 aromatic heterocycles. The summed E-state index contributed by atoms with van der Waals surface area (Å²) in [5.41, 5.74) is 1.93. The second kappa shape index (κ2) is 5.08. The quantitative estimate of drug-likeness (QED) is 0.724. The van der Waals surface area contributed by atoms with E-state index in [1.807, 2.05) is 24.3 Å². The summed E-state index contributed by atoms with van der Waals surface area (Å²) in [6, 6.07) is 7.64. The lowest BCUT2D eigenvalue weighted by Gasteiger charge is -2.08. The third-order valence-electron chi connectivity index (χ3n) is 2.79. The van der Waals surface area contributed by atoms with Gasteiger partial charge in [0.25, 0.3) is 0 Å². The molecular formula is C14H7ClN3OS. The molecule has 20 heavy (non-hydrogen) atoms. The number of pyridine rings is 1. The molecule has 0 saturated heterocycles. The molecule has 3 aromatic rings. The maximum Gasteiger partial charge on any atom is 0.166 e. The van der Waals surface area contributed by atoms with Crippen molar-refractivity contribution in [1.29, 1.82) is 5.26 Å². The molecule has 2 heterocycles. The maximum absolute atomic E-state index is 8.88. The highest BCUT2D eigenvalue weighted by Crippen LogP contribution is 2.38. The average Bonchev–Trinajstić information content (AvgIpc) is 2.96. The van der Waals surface area contributed by atoms with E-state index in [1.54, 1.807) is 5.38 Å². The van der Waals surface area contributed by atoms with Crippen molar-refractivity contribution in [3.05, 3.63) is 40.5 Å². The summed E-state index contributed by atoms with van der Waals surface area (Å²) >= 11 is 7.75. The zero-order chi connectivity index (χ0) is 14.1. The van der Waals surface area contributed by atoms with Crippen molar-refractivity contribution < 1.29 is 4.74 Å². The number of benzene rings is 1. The van der Waals surface area contributed by atoms with E-state index >= 15 is 0 Å². The van der Waals surface area contributed by atoms with Gasteiger partial charge in [0.05, 0.1) is 17.6 Å². The van der Waals surface area contributed by atoms with Crippen molar-refractivity contribution in [1.82, 2.24) is 9.97 Å². The van der Waals surface area contributed by atoms with Crippen molar-refractivity contribution in [2.75, 3.05) is 7.11 Å². The molecule has 6 heteroatoms. The normalized spacial score (nSPS) is 10.4. The SMILES string of the molecule is COc1[c]nc2cccc(-c3nc(C#N)cs3)c2c1Cl. The van der Waals surface area contributed by atoms with Crippen LogP contribution in [0.1, 0.15) is 5.69 Å². The molecule has 0 aliphatic rings. The lowest BCUT2D eigenvalue weighted by Crippen LogP contribution is -1.90. The summed E-state index contributed by atoms with van der Waals surface area (Å²) in [5, 5.41) is 12.5. The second-order valence-corrected chi connectivity index (χ2v) is 5.16. The van der Waals surface area contributed by atoms with E-state index in [1.165, 1.54) is 18.4 Å². The molecule has 3 rings (SSSR count). The van der Waals surface area contributed by atoms with Crippen LogP contribution in [-0.4, -0.2) is 17.1 Å². The molecule has 1 radical (unpaired) electrons. The number of methoxy groups -OCH3 is 1. The zero-order valence-electron chi connectivity index (χ0n) is 10.3. The second-order valence-electron chi connectivity index (χ2n) is 3.92. The number of fused-ring (bicyclic) bond motifs is 1. The first-order chi connectivity index (χ1) is 9.74. The first-order valence-corrected chi connectivity index (χ1v) is 6.90. The van der Waals surface area contributed by atoms with Crippen molar-refractivity contribution in [3.63, 3.8) is 0 Å². The molecule has 0 unspecified atom stereocenters. The Kier molecular flexibility index (Phi) is 3.26. The Morgan fingerprint density at radius 1 is 1.45 bits per heavy atom. The molecule has 4 nitrogen and oxygen atoms in total. The maximum atomic E-state index is 8.88. The van der Waals surface area contributed by atoms with E-state index in [0.717, 1.165) is 16.0 Å². The third kappa shape index (κ3) is 1.99. The molecule has 0 bridgehead atoms. The first kappa shape index (κ1) is 12.9. The van der Waals surface area contributed by atoms with Gasteiger partial charge < -0.3 is 4.74 Å². The minimum Gasteiger partial charge on any atom is -0.493 e. The average molecular weight is 301 g/mol. The fourth-order valence-electron chi connectivity index (χ4n) is 1.90. The van der Waals surface area contributed by atoms with Gasteiger partial charge >= 0.3 is 0 Å². The first-order valence-electron chi connectivity index (χ1n) is 5.64. The third-order valence-corrected chi connectivity index (χ3v) is 4.03. The van der Waals surface area contributed by atoms with Crippen LogP contribution in [0.2, 0.25) is 5.02 Å². The lowest BCUT2D eigenvalue weighted by atomic mass is 10.1. The Hall–Kier alpha value is -2.16. The van der Waals surface area contributed by atoms with Crippen molar-refractivity contribution in [2.45, 2.75) is 0 Å². The highest BCUT2D eigenvalue weighted by Gasteiger charge is 2.15. The highest BCUT2D eigenvalue weighted by atomic mass is 35.5. The van der Waals surface area contributed by atoms with Crippen LogP contribution >= 0.6 is 22.9 Å². The van der Waals surface area contributed by atoms with Crippen LogP contribution in [0, 0.1) is 17.5 Å². The molecule has 97 valence electrons. The molecule has 0 N–H and O–H groups in total. The van der Waals surface area contributed by atoms with Crippen molar-refractivity contribution in [3.8, 4) is 22.4 Å². The number of hydrogen-bond acceptors (Lipinski definition) is 5. The molecule has 0 fully saturated rings. The van der Waals surface area contributed by atoms with Gasteiger partial charge in [-0.1, -0.05) is 23.7 Å². The summed E-state index contributed by atoms with van der Waals surface area (Å²) in [6.45, 7) is 0. The minimum atomic E-state index is 0.389. The predicted octanol–water partition coefficient (Wildman–Crippen LogP) is 3.69. The molecule has 0 amide bonds. The van der Waals surface area contributed by atoms with Crippen LogP contribution in [0.4, 0.5) is 0 Å². The van der Waals surface area contributed by atoms with Gasteiger partial charge in [0, 0.05) is 16.3 Å². The number of rotatable bonds is 2. The van der Waals surface area contributed by atoms with E-state index in [4.69, 9.17) is 21.6 Å². The van der Waals surface area contributed by atoms with Gasteiger partial charge in [-0.2, -0.15) is 5.26 Å². The van der Waals surface area contributed by atoms with Gasteiger partial charge in [0.15, 0.2) is 11.4 Å². The van der Waals surface area contributed by atoms with E-state index in [-0.39, 0.29) is 0 Å². The summed E-state index contributed by atoms with van der Waals surface area (Å²) in [7, 11) is 1.52. The minimum absolute atomic E-state index is 0.389. The van der Waals surface area contributed by atoms with Gasteiger partial charge in [0.2, 0.25) is 0 Å². The van der Waals surface area contributed by atoms with Crippen molar-refractivity contribution in [2.24, 2.45) is 0 Å². The molecule has 0 atom stereocenters. The van der Waals surface area contributed by atoms with E-state index < -0.39 is 0 Å². The summed E-state index contributed by atoms with van der Waals surface area (Å²) in [5.74, 6) is 0.392. The molecule has 0 aliphatic heterocycles. The topological polar surface area (TPSA) is 58.8 Å². The van der Waals surface area contributed by atoms with Crippen LogP contribution in [0.3, 0.4) is 0 Å². The lowest BCUT2D eigenvalue weighted by molar-refractivity contribution is 0.413. The molecular weight excluding hydrogens is 294 g/mol. The molecule has 1 aromatic carbocycles.